The Morgan fingerprint density at radius 2 is 1.76 bits per heavy atom. The molecule has 1 fully saturated rings. The van der Waals surface area contributed by atoms with Crippen LogP contribution in [0.3, 0.4) is 0 Å². The molecule has 1 aliphatic heterocycles. The first kappa shape index (κ1) is 17.1. The molecule has 2 amide bonds. The van der Waals surface area contributed by atoms with E-state index in [2.05, 4.69) is 0 Å². The average Bonchev–Trinajstić information content (AvgIpc) is 2.90. The third-order valence-corrected chi connectivity index (χ3v) is 4.68. The standard InChI is InChI=1S/C19H17NO4S/c1-23-15-10-6-9-14(17(15)24-2)11-16-18(21)20(19(22)25-16)12-13-7-4-3-5-8-13/h3-11H,12H2,1-2H3/b16-11+. The number of amides is 2. The van der Waals surface area contributed by atoms with Crippen LogP contribution in [0.15, 0.2) is 53.4 Å². The molecular weight excluding hydrogens is 338 g/mol. The van der Waals surface area contributed by atoms with Crippen LogP contribution < -0.4 is 9.47 Å². The van der Waals surface area contributed by atoms with Gasteiger partial charge in [-0.05, 0) is 29.5 Å². The van der Waals surface area contributed by atoms with Crippen LogP contribution in [0.2, 0.25) is 0 Å². The van der Waals surface area contributed by atoms with Crippen molar-refractivity contribution < 1.29 is 19.1 Å². The molecule has 0 N–H and O–H groups in total. The topological polar surface area (TPSA) is 55.8 Å². The molecule has 0 saturated carbocycles. The van der Waals surface area contributed by atoms with Crippen molar-refractivity contribution in [2.45, 2.75) is 6.54 Å². The van der Waals surface area contributed by atoms with Gasteiger partial charge in [0.25, 0.3) is 11.1 Å². The summed E-state index contributed by atoms with van der Waals surface area (Å²) in [5, 5.41) is -0.276. The Balaban J connectivity index is 1.88. The number of carbonyl (C=O) groups excluding carboxylic acids is 2. The molecule has 25 heavy (non-hydrogen) atoms. The predicted octanol–water partition coefficient (Wildman–Crippen LogP) is 3.94. The molecule has 0 aliphatic carbocycles. The summed E-state index contributed by atoms with van der Waals surface area (Å²) in [6, 6.07) is 14.8. The molecule has 1 aliphatic rings. The summed E-state index contributed by atoms with van der Waals surface area (Å²) < 4.78 is 10.6. The Morgan fingerprint density at radius 1 is 1.00 bits per heavy atom. The Bertz CT molecular complexity index is 833. The van der Waals surface area contributed by atoms with E-state index >= 15 is 0 Å². The lowest BCUT2D eigenvalue weighted by Gasteiger charge is -2.12. The summed E-state index contributed by atoms with van der Waals surface area (Å²) in [6.45, 7) is 0.262. The molecule has 0 radical (unpaired) electrons. The van der Waals surface area contributed by atoms with Gasteiger partial charge in [0.05, 0.1) is 25.7 Å². The Labute approximate surface area is 150 Å². The second-order valence-electron chi connectivity index (χ2n) is 5.34. The smallest absolute Gasteiger partial charge is 0.293 e. The minimum absolute atomic E-state index is 0.262. The zero-order valence-electron chi connectivity index (χ0n) is 13.9. The maximum absolute atomic E-state index is 12.6. The number of benzene rings is 2. The molecule has 5 nitrogen and oxygen atoms in total. The first-order chi connectivity index (χ1) is 12.1. The van der Waals surface area contributed by atoms with E-state index in [1.807, 2.05) is 36.4 Å². The second kappa shape index (κ2) is 7.44. The van der Waals surface area contributed by atoms with Crippen LogP contribution in [0.4, 0.5) is 4.79 Å². The number of rotatable bonds is 5. The van der Waals surface area contributed by atoms with Crippen LogP contribution in [-0.2, 0) is 11.3 Å². The second-order valence-corrected chi connectivity index (χ2v) is 6.33. The van der Waals surface area contributed by atoms with Crippen LogP contribution in [0.1, 0.15) is 11.1 Å². The predicted molar refractivity (Wildman–Crippen MR) is 97.5 cm³/mol. The SMILES string of the molecule is COc1cccc(/C=C2/SC(=O)N(Cc3ccccc3)C2=O)c1OC. The minimum atomic E-state index is -0.302. The fourth-order valence-corrected chi connectivity index (χ4v) is 3.40. The molecule has 3 rings (SSSR count). The Morgan fingerprint density at radius 3 is 2.44 bits per heavy atom. The van der Waals surface area contributed by atoms with E-state index in [1.165, 1.54) is 12.0 Å². The monoisotopic (exact) mass is 355 g/mol. The van der Waals surface area contributed by atoms with Gasteiger partial charge in [0.2, 0.25) is 0 Å². The summed E-state index contributed by atoms with van der Waals surface area (Å²) in [4.78, 5) is 26.5. The summed E-state index contributed by atoms with van der Waals surface area (Å²) in [7, 11) is 3.09. The Hall–Kier alpha value is -2.73. The van der Waals surface area contributed by atoms with Crippen molar-refractivity contribution in [3.05, 3.63) is 64.6 Å². The first-order valence-corrected chi connectivity index (χ1v) is 8.46. The van der Waals surface area contributed by atoms with Gasteiger partial charge >= 0.3 is 0 Å². The zero-order valence-corrected chi connectivity index (χ0v) is 14.7. The maximum atomic E-state index is 12.6. The number of methoxy groups -OCH3 is 2. The van der Waals surface area contributed by atoms with E-state index in [0.717, 1.165) is 17.3 Å². The summed E-state index contributed by atoms with van der Waals surface area (Å²) >= 11 is 0.931. The molecule has 0 atom stereocenters. The van der Waals surface area contributed by atoms with Gasteiger partial charge < -0.3 is 9.47 Å². The van der Waals surface area contributed by atoms with Gasteiger partial charge in [-0.3, -0.25) is 14.5 Å². The van der Waals surface area contributed by atoms with Gasteiger partial charge in [-0.1, -0.05) is 42.5 Å². The molecule has 0 spiro atoms. The lowest BCUT2D eigenvalue weighted by atomic mass is 10.1. The van der Waals surface area contributed by atoms with Crippen LogP contribution in [0.5, 0.6) is 11.5 Å². The van der Waals surface area contributed by atoms with E-state index in [1.54, 1.807) is 25.3 Å². The van der Waals surface area contributed by atoms with Crippen LogP contribution >= 0.6 is 11.8 Å². The van der Waals surface area contributed by atoms with Crippen molar-refractivity contribution in [2.75, 3.05) is 14.2 Å². The fraction of sp³-hybridized carbons (Fsp3) is 0.158. The van der Waals surface area contributed by atoms with Gasteiger partial charge in [0.1, 0.15) is 0 Å². The van der Waals surface area contributed by atoms with E-state index in [-0.39, 0.29) is 17.7 Å². The largest absolute Gasteiger partial charge is 0.493 e. The van der Waals surface area contributed by atoms with Crippen molar-refractivity contribution >= 4 is 29.0 Å². The third kappa shape index (κ3) is 3.53. The molecule has 0 bridgehead atoms. The van der Waals surface area contributed by atoms with E-state index < -0.39 is 0 Å². The number of imide groups is 1. The van der Waals surface area contributed by atoms with Crippen molar-refractivity contribution in [1.82, 2.24) is 4.90 Å². The van der Waals surface area contributed by atoms with Crippen molar-refractivity contribution in [3.8, 4) is 11.5 Å². The van der Waals surface area contributed by atoms with Gasteiger partial charge in [-0.25, -0.2) is 0 Å². The zero-order chi connectivity index (χ0) is 17.8. The number of carbonyl (C=O) groups is 2. The molecule has 6 heteroatoms. The summed E-state index contributed by atoms with van der Waals surface area (Å²) in [6.07, 6.45) is 1.66. The van der Waals surface area contributed by atoms with Gasteiger partial charge in [-0.2, -0.15) is 0 Å². The minimum Gasteiger partial charge on any atom is -0.493 e. The van der Waals surface area contributed by atoms with Crippen LogP contribution in [0, 0.1) is 0 Å². The highest BCUT2D eigenvalue weighted by Gasteiger charge is 2.35. The Kier molecular flexibility index (Phi) is 5.09. The van der Waals surface area contributed by atoms with Gasteiger partial charge in [0, 0.05) is 5.56 Å². The van der Waals surface area contributed by atoms with E-state index in [4.69, 9.17) is 9.47 Å². The first-order valence-electron chi connectivity index (χ1n) is 7.64. The summed E-state index contributed by atoms with van der Waals surface area (Å²) in [5.41, 5.74) is 1.59. The van der Waals surface area contributed by atoms with E-state index in [9.17, 15) is 9.59 Å². The molecule has 1 heterocycles. The van der Waals surface area contributed by atoms with E-state index in [0.29, 0.717) is 22.0 Å². The highest BCUT2D eigenvalue weighted by Crippen LogP contribution is 2.37. The number of nitrogens with zero attached hydrogens (tertiary/aromatic N) is 1. The fourth-order valence-electron chi connectivity index (χ4n) is 2.57. The molecule has 0 aromatic heterocycles. The van der Waals surface area contributed by atoms with Gasteiger partial charge in [0.15, 0.2) is 11.5 Å². The highest BCUT2D eigenvalue weighted by atomic mass is 32.2. The number of thioether (sulfide) groups is 1. The number of ether oxygens (including phenoxy) is 2. The molecule has 2 aromatic carbocycles. The quantitative estimate of drug-likeness (QED) is 0.761. The normalized spacial score (nSPS) is 15.8. The lowest BCUT2D eigenvalue weighted by Crippen LogP contribution is -2.27. The lowest BCUT2D eigenvalue weighted by molar-refractivity contribution is -0.123. The number of para-hydroxylation sites is 1. The van der Waals surface area contributed by atoms with Gasteiger partial charge in [-0.15, -0.1) is 0 Å². The maximum Gasteiger partial charge on any atom is 0.293 e. The molecule has 0 unspecified atom stereocenters. The molecular formula is C19H17NO4S. The average molecular weight is 355 g/mol. The van der Waals surface area contributed by atoms with Crippen molar-refractivity contribution in [2.24, 2.45) is 0 Å². The number of hydrogen-bond acceptors (Lipinski definition) is 5. The highest BCUT2D eigenvalue weighted by molar-refractivity contribution is 8.18. The van der Waals surface area contributed by atoms with Crippen molar-refractivity contribution in [1.29, 1.82) is 0 Å². The van der Waals surface area contributed by atoms with Crippen LogP contribution in [-0.4, -0.2) is 30.3 Å². The third-order valence-electron chi connectivity index (χ3n) is 3.78. The molecule has 128 valence electrons. The summed E-state index contributed by atoms with van der Waals surface area (Å²) in [5.74, 6) is 0.795. The molecule has 2 aromatic rings. The van der Waals surface area contributed by atoms with Crippen LogP contribution in [0.25, 0.3) is 6.08 Å². The molecule has 1 saturated heterocycles. The number of hydrogen-bond donors (Lipinski definition) is 0. The van der Waals surface area contributed by atoms with Crippen molar-refractivity contribution in [3.63, 3.8) is 0 Å².